The van der Waals surface area contributed by atoms with Crippen LogP contribution in [0.3, 0.4) is 0 Å². The highest BCUT2D eigenvalue weighted by Crippen LogP contribution is 2.22. The molecular formula is C16H21N3OS. The SMILES string of the molecule is CN(Cc1nc2ccccc2s1)C(=O)CCC1CCCN1. The van der Waals surface area contributed by atoms with E-state index in [4.69, 9.17) is 0 Å². The zero-order chi connectivity index (χ0) is 14.7. The highest BCUT2D eigenvalue weighted by molar-refractivity contribution is 7.18. The largest absolute Gasteiger partial charge is 0.339 e. The van der Waals surface area contributed by atoms with Crippen LogP contribution in [0.15, 0.2) is 24.3 Å². The molecule has 21 heavy (non-hydrogen) atoms. The second-order valence-electron chi connectivity index (χ2n) is 5.66. The van der Waals surface area contributed by atoms with E-state index < -0.39 is 0 Å². The summed E-state index contributed by atoms with van der Waals surface area (Å²) in [6.45, 7) is 1.71. The number of amides is 1. The van der Waals surface area contributed by atoms with Crippen molar-refractivity contribution in [3.05, 3.63) is 29.3 Å². The van der Waals surface area contributed by atoms with E-state index in [0.717, 1.165) is 23.5 Å². The van der Waals surface area contributed by atoms with Crippen molar-refractivity contribution in [2.24, 2.45) is 0 Å². The van der Waals surface area contributed by atoms with Crippen molar-refractivity contribution in [3.8, 4) is 0 Å². The van der Waals surface area contributed by atoms with Crippen molar-refractivity contribution in [2.45, 2.75) is 38.3 Å². The van der Waals surface area contributed by atoms with Gasteiger partial charge < -0.3 is 10.2 Å². The molecule has 2 heterocycles. The Morgan fingerprint density at radius 2 is 2.33 bits per heavy atom. The van der Waals surface area contributed by atoms with Gasteiger partial charge in [-0.05, 0) is 37.9 Å². The maximum absolute atomic E-state index is 12.2. The third-order valence-corrected chi connectivity index (χ3v) is 5.03. The molecule has 0 radical (unpaired) electrons. The summed E-state index contributed by atoms with van der Waals surface area (Å²) in [6, 6.07) is 8.64. The third-order valence-electron chi connectivity index (χ3n) is 4.01. The van der Waals surface area contributed by atoms with Crippen LogP contribution >= 0.6 is 11.3 Å². The molecule has 1 N–H and O–H groups in total. The van der Waals surface area contributed by atoms with Crippen molar-refractivity contribution in [2.75, 3.05) is 13.6 Å². The van der Waals surface area contributed by atoms with Crippen LogP contribution in [0.5, 0.6) is 0 Å². The molecule has 4 nitrogen and oxygen atoms in total. The molecule has 5 heteroatoms. The average Bonchev–Trinajstić information content (AvgIpc) is 3.13. The Hall–Kier alpha value is -1.46. The average molecular weight is 303 g/mol. The van der Waals surface area contributed by atoms with Gasteiger partial charge in [0.1, 0.15) is 5.01 Å². The van der Waals surface area contributed by atoms with Crippen molar-refractivity contribution < 1.29 is 4.79 Å². The van der Waals surface area contributed by atoms with Gasteiger partial charge in [-0.25, -0.2) is 4.98 Å². The lowest BCUT2D eigenvalue weighted by molar-refractivity contribution is -0.130. The summed E-state index contributed by atoms with van der Waals surface area (Å²) in [7, 11) is 1.87. The number of aromatic nitrogens is 1. The quantitative estimate of drug-likeness (QED) is 0.924. The number of benzene rings is 1. The van der Waals surface area contributed by atoms with Crippen LogP contribution in [-0.2, 0) is 11.3 Å². The predicted molar refractivity (Wildman–Crippen MR) is 86.4 cm³/mol. The second-order valence-corrected chi connectivity index (χ2v) is 6.77. The van der Waals surface area contributed by atoms with Gasteiger partial charge in [0.15, 0.2) is 0 Å². The molecule has 2 aromatic rings. The number of nitrogens with one attached hydrogen (secondary N) is 1. The van der Waals surface area contributed by atoms with E-state index >= 15 is 0 Å². The Labute approximate surface area is 129 Å². The number of carbonyl (C=O) groups is 1. The highest BCUT2D eigenvalue weighted by Gasteiger charge is 2.17. The summed E-state index contributed by atoms with van der Waals surface area (Å²) in [6.07, 6.45) is 4.01. The van der Waals surface area contributed by atoms with Gasteiger partial charge in [0, 0.05) is 19.5 Å². The topological polar surface area (TPSA) is 45.2 Å². The predicted octanol–water partition coefficient (Wildman–Crippen LogP) is 2.79. The Balaban J connectivity index is 1.54. The molecule has 1 aliphatic rings. The Morgan fingerprint density at radius 3 is 3.10 bits per heavy atom. The first kappa shape index (κ1) is 14.5. The summed E-state index contributed by atoms with van der Waals surface area (Å²) in [4.78, 5) is 18.6. The summed E-state index contributed by atoms with van der Waals surface area (Å²) >= 11 is 1.67. The first-order valence-corrected chi connectivity index (χ1v) is 8.36. The molecule has 0 saturated carbocycles. The fraction of sp³-hybridized carbons (Fsp3) is 0.500. The van der Waals surface area contributed by atoms with E-state index in [1.807, 2.05) is 25.2 Å². The molecule has 0 bridgehead atoms. The summed E-state index contributed by atoms with van der Waals surface area (Å²) in [5.74, 6) is 0.211. The first-order chi connectivity index (χ1) is 10.2. The number of thiazole rings is 1. The minimum atomic E-state index is 0.211. The lowest BCUT2D eigenvalue weighted by Crippen LogP contribution is -2.29. The van der Waals surface area contributed by atoms with Crippen molar-refractivity contribution in [1.82, 2.24) is 15.2 Å². The molecule has 0 spiro atoms. The van der Waals surface area contributed by atoms with Crippen molar-refractivity contribution in [3.63, 3.8) is 0 Å². The molecule has 1 atom stereocenters. The molecule has 0 aliphatic carbocycles. The summed E-state index contributed by atoms with van der Waals surface area (Å²) in [5.41, 5.74) is 1.02. The van der Waals surface area contributed by atoms with Crippen LogP contribution in [0, 0.1) is 0 Å². The van der Waals surface area contributed by atoms with E-state index in [2.05, 4.69) is 16.4 Å². The van der Waals surface area contributed by atoms with E-state index in [1.165, 1.54) is 17.5 Å². The molecule has 1 fully saturated rings. The van der Waals surface area contributed by atoms with E-state index in [-0.39, 0.29) is 5.91 Å². The first-order valence-electron chi connectivity index (χ1n) is 7.54. The normalized spacial score (nSPS) is 18.2. The Bertz CT molecular complexity index is 586. The van der Waals surface area contributed by atoms with Gasteiger partial charge in [0.25, 0.3) is 0 Å². The Morgan fingerprint density at radius 1 is 1.48 bits per heavy atom. The fourth-order valence-electron chi connectivity index (χ4n) is 2.77. The van der Waals surface area contributed by atoms with Gasteiger partial charge in [-0.2, -0.15) is 0 Å². The summed E-state index contributed by atoms with van der Waals surface area (Å²) in [5, 5.41) is 4.44. The van der Waals surface area contributed by atoms with Gasteiger partial charge in [0.05, 0.1) is 16.8 Å². The van der Waals surface area contributed by atoms with Gasteiger partial charge in [-0.15, -0.1) is 11.3 Å². The number of hydrogen-bond acceptors (Lipinski definition) is 4. The van der Waals surface area contributed by atoms with E-state index in [1.54, 1.807) is 16.2 Å². The molecule has 1 saturated heterocycles. The molecule has 1 unspecified atom stereocenters. The molecule has 1 amide bonds. The number of para-hydroxylation sites is 1. The van der Waals surface area contributed by atoms with Gasteiger partial charge in [-0.1, -0.05) is 12.1 Å². The lowest BCUT2D eigenvalue weighted by atomic mass is 10.1. The van der Waals surface area contributed by atoms with Gasteiger partial charge >= 0.3 is 0 Å². The van der Waals surface area contributed by atoms with Crippen LogP contribution in [0.4, 0.5) is 0 Å². The van der Waals surface area contributed by atoms with Crippen molar-refractivity contribution >= 4 is 27.5 Å². The number of hydrogen-bond donors (Lipinski definition) is 1. The maximum Gasteiger partial charge on any atom is 0.222 e. The van der Waals surface area contributed by atoms with E-state index in [9.17, 15) is 4.79 Å². The Kier molecular flexibility index (Phi) is 4.51. The van der Waals surface area contributed by atoms with Crippen molar-refractivity contribution in [1.29, 1.82) is 0 Å². The van der Waals surface area contributed by atoms with Crippen LogP contribution < -0.4 is 5.32 Å². The zero-order valence-corrected chi connectivity index (χ0v) is 13.2. The molecule has 1 aromatic carbocycles. The smallest absolute Gasteiger partial charge is 0.222 e. The fourth-order valence-corrected chi connectivity index (χ4v) is 3.79. The minimum absolute atomic E-state index is 0.211. The molecular weight excluding hydrogens is 282 g/mol. The number of rotatable bonds is 5. The van der Waals surface area contributed by atoms with Gasteiger partial charge in [0.2, 0.25) is 5.91 Å². The van der Waals surface area contributed by atoms with Crippen LogP contribution in [0.2, 0.25) is 0 Å². The second kappa shape index (κ2) is 6.54. The summed E-state index contributed by atoms with van der Waals surface area (Å²) < 4.78 is 1.18. The van der Waals surface area contributed by atoms with E-state index in [0.29, 0.717) is 19.0 Å². The highest BCUT2D eigenvalue weighted by atomic mass is 32.1. The molecule has 112 valence electrons. The number of carbonyl (C=O) groups excluding carboxylic acids is 1. The zero-order valence-electron chi connectivity index (χ0n) is 12.3. The third kappa shape index (κ3) is 3.60. The molecule has 1 aromatic heterocycles. The van der Waals surface area contributed by atoms with Gasteiger partial charge in [-0.3, -0.25) is 4.79 Å². The van der Waals surface area contributed by atoms with Crippen LogP contribution in [0.1, 0.15) is 30.7 Å². The minimum Gasteiger partial charge on any atom is -0.339 e. The standard InChI is InChI=1S/C16H21N3OS/c1-19(16(20)9-8-12-5-4-10-17-12)11-15-18-13-6-2-3-7-14(13)21-15/h2-3,6-7,12,17H,4-5,8-11H2,1H3. The molecule has 3 rings (SSSR count). The van der Waals surface area contributed by atoms with Crippen LogP contribution in [-0.4, -0.2) is 35.4 Å². The monoisotopic (exact) mass is 303 g/mol. The van der Waals surface area contributed by atoms with Crippen LogP contribution in [0.25, 0.3) is 10.2 Å². The maximum atomic E-state index is 12.2. The lowest BCUT2D eigenvalue weighted by Gasteiger charge is -2.17. The number of fused-ring (bicyclic) bond motifs is 1. The number of nitrogens with zero attached hydrogens (tertiary/aromatic N) is 2. The molecule has 1 aliphatic heterocycles.